The van der Waals surface area contributed by atoms with Crippen LogP contribution in [0.5, 0.6) is 5.75 Å². The highest BCUT2D eigenvalue weighted by atomic mass is 35.5. The zero-order valence-electron chi connectivity index (χ0n) is 23.9. The number of hydrogen-bond acceptors (Lipinski definition) is 6. The molecule has 3 rings (SSSR count). The number of halogens is 1. The van der Waals surface area contributed by atoms with Crippen LogP contribution < -0.4 is 4.74 Å². The molecule has 38 heavy (non-hydrogen) atoms. The van der Waals surface area contributed by atoms with Crippen molar-refractivity contribution in [2.45, 2.75) is 66.1 Å². The molecule has 0 bridgehead atoms. The summed E-state index contributed by atoms with van der Waals surface area (Å²) >= 11 is 5.90. The van der Waals surface area contributed by atoms with Crippen LogP contribution in [0.4, 0.5) is 0 Å². The van der Waals surface area contributed by atoms with Crippen LogP contribution in [0.25, 0.3) is 6.08 Å². The van der Waals surface area contributed by atoms with E-state index >= 15 is 0 Å². The standard InChI is InChI=1S/C19H29NO3.C9H11Cl.C3H6O2/c1-4-8-18-17(9-7-10-19(18)22-3)15(2)23-14-16(21)13-20-11-5-6-12-20;1-3-8-6-7(2)4-5-9(8)10;1-2-5-3-4/h4,7-10,15-16,21H,5-6,11-14H2,1-3H3;4-6H,3H2,1-2H3;3H,2H2,1H3/b8-4+;;. The number of carbonyl (C=O) groups is 1. The van der Waals surface area contributed by atoms with Crippen molar-refractivity contribution in [3.05, 3.63) is 69.8 Å². The Morgan fingerprint density at radius 3 is 2.39 bits per heavy atom. The van der Waals surface area contributed by atoms with Gasteiger partial charge in [-0.2, -0.15) is 0 Å². The Balaban J connectivity index is 0.000000395. The van der Waals surface area contributed by atoms with Gasteiger partial charge in [-0.3, -0.25) is 4.79 Å². The first-order valence-electron chi connectivity index (χ1n) is 13.4. The molecule has 1 N–H and O–H groups in total. The van der Waals surface area contributed by atoms with Gasteiger partial charge in [-0.1, -0.05) is 60.5 Å². The van der Waals surface area contributed by atoms with E-state index in [1.807, 2.05) is 50.3 Å². The van der Waals surface area contributed by atoms with E-state index in [1.165, 1.54) is 24.0 Å². The van der Waals surface area contributed by atoms with Gasteiger partial charge in [-0.25, -0.2) is 0 Å². The molecule has 1 heterocycles. The Labute approximate surface area is 234 Å². The van der Waals surface area contributed by atoms with Crippen LogP contribution in [-0.2, 0) is 20.7 Å². The molecule has 0 radical (unpaired) electrons. The monoisotopic (exact) mass is 547 g/mol. The number of rotatable bonds is 11. The van der Waals surface area contributed by atoms with Crippen molar-refractivity contribution in [3.63, 3.8) is 0 Å². The quantitative estimate of drug-likeness (QED) is 0.317. The van der Waals surface area contributed by atoms with Crippen LogP contribution in [0.1, 0.15) is 68.9 Å². The van der Waals surface area contributed by atoms with Crippen molar-refractivity contribution in [2.24, 2.45) is 0 Å². The summed E-state index contributed by atoms with van der Waals surface area (Å²) in [7, 11) is 1.68. The molecule has 7 heteroatoms. The van der Waals surface area contributed by atoms with Crippen LogP contribution in [0.2, 0.25) is 5.02 Å². The van der Waals surface area contributed by atoms with Gasteiger partial charge in [0, 0.05) is 17.1 Å². The van der Waals surface area contributed by atoms with E-state index in [0.717, 1.165) is 41.4 Å². The second-order valence-corrected chi connectivity index (χ2v) is 9.51. The number of methoxy groups -OCH3 is 1. The molecule has 6 nitrogen and oxygen atoms in total. The Morgan fingerprint density at radius 2 is 1.87 bits per heavy atom. The van der Waals surface area contributed by atoms with E-state index in [-0.39, 0.29) is 6.10 Å². The highest BCUT2D eigenvalue weighted by Gasteiger charge is 2.18. The molecule has 1 aliphatic heterocycles. The number of benzene rings is 2. The summed E-state index contributed by atoms with van der Waals surface area (Å²) in [5.41, 5.74) is 4.64. The lowest BCUT2D eigenvalue weighted by molar-refractivity contribution is -0.128. The van der Waals surface area contributed by atoms with Crippen LogP contribution in [0.3, 0.4) is 0 Å². The number of carbonyl (C=O) groups excluding carboxylic acids is 1. The number of β-amino-alcohol motifs (C(OH)–C–C–N with tert-alkyl or cyclic N) is 1. The summed E-state index contributed by atoms with van der Waals surface area (Å²) in [5, 5.41) is 11.1. The second kappa shape index (κ2) is 19.7. The second-order valence-electron chi connectivity index (χ2n) is 9.10. The minimum absolute atomic E-state index is 0.0930. The van der Waals surface area contributed by atoms with E-state index in [0.29, 0.717) is 26.2 Å². The Kier molecular flexibility index (Phi) is 17.4. The first-order chi connectivity index (χ1) is 18.3. The minimum atomic E-state index is -0.439. The summed E-state index contributed by atoms with van der Waals surface area (Å²) in [5.74, 6) is 0.841. The van der Waals surface area contributed by atoms with Gasteiger partial charge in [0.15, 0.2) is 0 Å². The molecule has 2 unspecified atom stereocenters. The Morgan fingerprint density at radius 1 is 1.16 bits per heavy atom. The number of likely N-dealkylation sites (tertiary alicyclic amines) is 1. The normalized spacial score (nSPS) is 14.6. The summed E-state index contributed by atoms with van der Waals surface area (Å²) < 4.78 is 15.5. The number of ether oxygens (including phenoxy) is 3. The van der Waals surface area contributed by atoms with Crippen molar-refractivity contribution >= 4 is 24.1 Å². The fourth-order valence-corrected chi connectivity index (χ4v) is 4.39. The van der Waals surface area contributed by atoms with Gasteiger partial charge in [-0.15, -0.1) is 0 Å². The molecular weight excluding hydrogens is 502 g/mol. The van der Waals surface area contributed by atoms with Crippen LogP contribution in [0.15, 0.2) is 42.5 Å². The molecular formula is C31H46ClNO5. The topological polar surface area (TPSA) is 68.2 Å². The van der Waals surface area contributed by atoms with Crippen molar-refractivity contribution in [3.8, 4) is 5.75 Å². The lowest BCUT2D eigenvalue weighted by Crippen LogP contribution is -2.33. The van der Waals surface area contributed by atoms with Gasteiger partial charge in [0.1, 0.15) is 5.75 Å². The molecule has 2 atom stereocenters. The predicted molar refractivity (Wildman–Crippen MR) is 157 cm³/mol. The fourth-order valence-electron chi connectivity index (χ4n) is 4.14. The molecule has 212 valence electrons. The van der Waals surface area contributed by atoms with E-state index < -0.39 is 6.10 Å². The molecule has 2 aromatic rings. The first kappa shape index (κ1) is 33.6. The minimum Gasteiger partial charge on any atom is -0.496 e. The lowest BCUT2D eigenvalue weighted by Gasteiger charge is -2.22. The van der Waals surface area contributed by atoms with Gasteiger partial charge in [0.05, 0.1) is 32.5 Å². The molecule has 1 aliphatic rings. The van der Waals surface area contributed by atoms with Crippen molar-refractivity contribution < 1.29 is 24.1 Å². The van der Waals surface area contributed by atoms with E-state index in [2.05, 4.69) is 35.6 Å². The zero-order valence-corrected chi connectivity index (χ0v) is 24.7. The SMILES string of the molecule is C/C=C/c1c(OC)cccc1C(C)OCC(O)CN1CCCC1.CCOC=O.CCc1cc(C)ccc1Cl. The third-order valence-corrected chi connectivity index (χ3v) is 6.48. The van der Waals surface area contributed by atoms with Gasteiger partial charge in [-0.05, 0) is 83.3 Å². The van der Waals surface area contributed by atoms with Gasteiger partial charge in [0.2, 0.25) is 0 Å². The maximum Gasteiger partial charge on any atom is 0.293 e. The zero-order chi connectivity index (χ0) is 28.3. The van der Waals surface area contributed by atoms with Gasteiger partial charge >= 0.3 is 0 Å². The van der Waals surface area contributed by atoms with E-state index in [9.17, 15) is 9.90 Å². The molecule has 1 saturated heterocycles. The van der Waals surface area contributed by atoms with E-state index in [4.69, 9.17) is 21.1 Å². The fraction of sp³-hybridized carbons (Fsp3) is 0.516. The summed E-state index contributed by atoms with van der Waals surface area (Å²) in [6, 6.07) is 12.1. The predicted octanol–water partition coefficient (Wildman–Crippen LogP) is 6.65. The summed E-state index contributed by atoms with van der Waals surface area (Å²) in [4.78, 5) is 11.5. The number of hydrogen-bond donors (Lipinski definition) is 1. The third-order valence-electron chi connectivity index (χ3n) is 6.11. The lowest BCUT2D eigenvalue weighted by atomic mass is 10.0. The number of aliphatic hydroxyl groups excluding tert-OH is 1. The summed E-state index contributed by atoms with van der Waals surface area (Å²) in [6.45, 7) is 14.1. The highest BCUT2D eigenvalue weighted by molar-refractivity contribution is 6.31. The Bertz CT molecular complexity index is 959. The number of aliphatic hydroxyl groups is 1. The number of aryl methyl sites for hydroxylation is 2. The van der Waals surface area contributed by atoms with Gasteiger partial charge in [0.25, 0.3) is 6.47 Å². The van der Waals surface area contributed by atoms with Crippen molar-refractivity contribution in [1.29, 1.82) is 0 Å². The first-order valence-corrected chi connectivity index (χ1v) is 13.8. The molecule has 0 amide bonds. The number of allylic oxidation sites excluding steroid dienone is 1. The molecule has 0 aliphatic carbocycles. The van der Waals surface area contributed by atoms with Crippen LogP contribution >= 0.6 is 11.6 Å². The molecule has 2 aromatic carbocycles. The molecule has 0 spiro atoms. The Hall–Kier alpha value is -2.38. The highest BCUT2D eigenvalue weighted by Crippen LogP contribution is 2.30. The molecule has 0 saturated carbocycles. The smallest absolute Gasteiger partial charge is 0.293 e. The maximum absolute atomic E-state index is 10.2. The third kappa shape index (κ3) is 12.4. The average Bonchev–Trinajstić information content (AvgIpc) is 3.43. The van der Waals surface area contributed by atoms with Crippen molar-refractivity contribution in [2.75, 3.05) is 40.0 Å². The van der Waals surface area contributed by atoms with Crippen LogP contribution in [0, 0.1) is 6.92 Å². The molecule has 0 aromatic heterocycles. The van der Waals surface area contributed by atoms with Crippen molar-refractivity contribution in [1.82, 2.24) is 4.90 Å². The largest absolute Gasteiger partial charge is 0.496 e. The van der Waals surface area contributed by atoms with E-state index in [1.54, 1.807) is 14.0 Å². The summed E-state index contributed by atoms with van der Waals surface area (Å²) in [6.07, 6.45) is 6.99. The molecule has 1 fully saturated rings. The maximum atomic E-state index is 10.2. The average molecular weight is 548 g/mol. The van der Waals surface area contributed by atoms with Gasteiger partial charge < -0.3 is 24.2 Å². The number of nitrogens with zero attached hydrogens (tertiary/aromatic N) is 1. The van der Waals surface area contributed by atoms with Crippen LogP contribution in [-0.4, -0.2) is 62.5 Å².